The predicted molar refractivity (Wildman–Crippen MR) is 111 cm³/mol. The van der Waals surface area contributed by atoms with E-state index in [0.717, 1.165) is 11.3 Å². The number of amides is 1. The van der Waals surface area contributed by atoms with Gasteiger partial charge >= 0.3 is 11.9 Å². The molecule has 0 spiro atoms. The number of ether oxygens (including phenoxy) is 3. The quantitative estimate of drug-likeness (QED) is 0.636. The van der Waals surface area contributed by atoms with Gasteiger partial charge in [-0.3, -0.25) is 4.79 Å². The van der Waals surface area contributed by atoms with Crippen LogP contribution in [-0.2, 0) is 9.47 Å². The molecule has 0 aliphatic heterocycles. The van der Waals surface area contributed by atoms with E-state index >= 15 is 0 Å². The number of esters is 2. The Balaban J connectivity index is 2.39. The van der Waals surface area contributed by atoms with Gasteiger partial charge in [0.05, 0.1) is 24.9 Å². The second kappa shape index (κ2) is 10.1. The fourth-order valence-corrected chi connectivity index (χ4v) is 3.65. The number of benzene rings is 1. The van der Waals surface area contributed by atoms with Gasteiger partial charge in [0.25, 0.3) is 5.91 Å². The number of hydrogen-bond acceptors (Lipinski definition) is 7. The third kappa shape index (κ3) is 5.57. The summed E-state index contributed by atoms with van der Waals surface area (Å²) in [5.74, 6) is -1.02. The molecular formula is C21H25NO6S. The van der Waals surface area contributed by atoms with Crippen LogP contribution in [0.5, 0.6) is 5.75 Å². The Bertz CT molecular complexity index is 903. The highest BCUT2D eigenvalue weighted by molar-refractivity contribution is 7.18. The Kier molecular flexibility index (Phi) is 7.78. The molecule has 2 rings (SSSR count). The zero-order valence-electron chi connectivity index (χ0n) is 17.2. The van der Waals surface area contributed by atoms with Crippen molar-refractivity contribution < 1.29 is 28.6 Å². The van der Waals surface area contributed by atoms with E-state index in [1.807, 2.05) is 6.92 Å². The first-order valence-corrected chi connectivity index (χ1v) is 10.2. The van der Waals surface area contributed by atoms with Crippen LogP contribution in [0.4, 0.5) is 5.00 Å². The van der Waals surface area contributed by atoms with Gasteiger partial charge in [-0.25, -0.2) is 9.59 Å². The van der Waals surface area contributed by atoms with Gasteiger partial charge in [-0.2, -0.15) is 0 Å². The number of anilines is 1. The van der Waals surface area contributed by atoms with E-state index in [9.17, 15) is 14.4 Å². The zero-order valence-corrected chi connectivity index (χ0v) is 18.0. The summed E-state index contributed by atoms with van der Waals surface area (Å²) in [6, 6.07) is 6.70. The van der Waals surface area contributed by atoms with Gasteiger partial charge in [0, 0.05) is 5.56 Å². The van der Waals surface area contributed by atoms with Crippen LogP contribution < -0.4 is 10.1 Å². The standard InChI is InChI=1S/C21H25NO6S/c1-6-26-15-10-8-9-14(11-15)18(23)22-19-16(20(24)27-7-2)13(5)17(29-19)21(25)28-12(3)4/h8-12H,6-7H2,1-5H3,(H,22,23). The second-order valence-electron chi connectivity index (χ2n) is 6.35. The fourth-order valence-electron chi connectivity index (χ4n) is 2.58. The first kappa shape index (κ1) is 22.4. The molecule has 2 aromatic rings. The minimum Gasteiger partial charge on any atom is -0.494 e. The Morgan fingerprint density at radius 3 is 2.45 bits per heavy atom. The monoisotopic (exact) mass is 419 g/mol. The molecule has 1 heterocycles. The Hall–Kier alpha value is -2.87. The molecule has 1 amide bonds. The Morgan fingerprint density at radius 1 is 1.10 bits per heavy atom. The minimum atomic E-state index is -0.608. The van der Waals surface area contributed by atoms with Crippen molar-refractivity contribution in [2.24, 2.45) is 0 Å². The first-order valence-electron chi connectivity index (χ1n) is 9.34. The van der Waals surface area contributed by atoms with Crippen LogP contribution in [0.3, 0.4) is 0 Å². The van der Waals surface area contributed by atoms with Crippen molar-refractivity contribution in [3.8, 4) is 5.75 Å². The van der Waals surface area contributed by atoms with Gasteiger partial charge in [0.1, 0.15) is 15.6 Å². The predicted octanol–water partition coefficient (Wildman–Crippen LogP) is 4.45. The number of nitrogens with one attached hydrogen (secondary N) is 1. The topological polar surface area (TPSA) is 90.9 Å². The lowest BCUT2D eigenvalue weighted by atomic mass is 10.1. The molecule has 0 saturated heterocycles. The van der Waals surface area contributed by atoms with E-state index in [4.69, 9.17) is 14.2 Å². The molecule has 0 aliphatic rings. The number of carbonyl (C=O) groups excluding carboxylic acids is 3. The summed E-state index contributed by atoms with van der Waals surface area (Å²) in [6.07, 6.45) is -0.311. The highest BCUT2D eigenvalue weighted by atomic mass is 32.1. The van der Waals surface area contributed by atoms with Gasteiger partial charge in [-0.15, -0.1) is 11.3 Å². The van der Waals surface area contributed by atoms with Gasteiger partial charge in [0.15, 0.2) is 0 Å². The van der Waals surface area contributed by atoms with E-state index in [1.165, 1.54) is 0 Å². The van der Waals surface area contributed by atoms with Gasteiger partial charge in [0.2, 0.25) is 0 Å². The first-order chi connectivity index (χ1) is 13.8. The zero-order chi connectivity index (χ0) is 21.6. The number of rotatable bonds is 8. The van der Waals surface area contributed by atoms with E-state index < -0.39 is 17.8 Å². The number of hydrogen-bond donors (Lipinski definition) is 1. The van der Waals surface area contributed by atoms with Crippen LogP contribution in [0.15, 0.2) is 24.3 Å². The Morgan fingerprint density at radius 2 is 1.83 bits per heavy atom. The molecule has 7 nitrogen and oxygen atoms in total. The summed E-state index contributed by atoms with van der Waals surface area (Å²) in [5, 5.41) is 2.96. The molecule has 0 atom stereocenters. The smallest absolute Gasteiger partial charge is 0.348 e. The molecule has 0 saturated carbocycles. The fraction of sp³-hybridized carbons (Fsp3) is 0.381. The van der Waals surface area contributed by atoms with Crippen molar-refractivity contribution in [2.75, 3.05) is 18.5 Å². The van der Waals surface area contributed by atoms with E-state index in [-0.39, 0.29) is 28.2 Å². The summed E-state index contributed by atoms with van der Waals surface area (Å²) in [4.78, 5) is 37.9. The molecule has 0 radical (unpaired) electrons. The van der Waals surface area contributed by atoms with Crippen LogP contribution in [0.25, 0.3) is 0 Å². The highest BCUT2D eigenvalue weighted by Crippen LogP contribution is 2.35. The third-order valence-corrected chi connectivity index (χ3v) is 4.98. The van der Waals surface area contributed by atoms with Crippen molar-refractivity contribution in [1.29, 1.82) is 0 Å². The van der Waals surface area contributed by atoms with E-state index in [1.54, 1.807) is 52.0 Å². The van der Waals surface area contributed by atoms with Crippen LogP contribution >= 0.6 is 11.3 Å². The molecule has 0 unspecified atom stereocenters. The summed E-state index contributed by atoms with van der Waals surface area (Å²) in [7, 11) is 0. The molecule has 0 fully saturated rings. The normalized spacial score (nSPS) is 10.6. The lowest BCUT2D eigenvalue weighted by Crippen LogP contribution is -2.15. The molecule has 0 bridgehead atoms. The molecule has 0 aliphatic carbocycles. The number of carbonyl (C=O) groups is 3. The SMILES string of the molecule is CCOC(=O)c1c(NC(=O)c2cccc(OCC)c2)sc(C(=O)OC(C)C)c1C. The van der Waals surface area contributed by atoms with Crippen LogP contribution in [0, 0.1) is 6.92 Å². The van der Waals surface area contributed by atoms with Crippen LogP contribution in [0.1, 0.15) is 63.6 Å². The highest BCUT2D eigenvalue weighted by Gasteiger charge is 2.28. The molecule has 1 aromatic carbocycles. The van der Waals surface area contributed by atoms with Crippen molar-refractivity contribution in [2.45, 2.75) is 40.7 Å². The lowest BCUT2D eigenvalue weighted by Gasteiger charge is -2.08. The lowest BCUT2D eigenvalue weighted by molar-refractivity contribution is 0.0383. The number of thiophene rings is 1. The molecule has 29 heavy (non-hydrogen) atoms. The van der Waals surface area contributed by atoms with Crippen LogP contribution in [-0.4, -0.2) is 37.2 Å². The van der Waals surface area contributed by atoms with E-state index in [2.05, 4.69) is 5.32 Å². The third-order valence-electron chi connectivity index (χ3n) is 3.79. The van der Waals surface area contributed by atoms with Gasteiger partial charge in [-0.1, -0.05) is 6.07 Å². The van der Waals surface area contributed by atoms with Gasteiger partial charge in [-0.05, 0) is 58.4 Å². The molecule has 8 heteroatoms. The van der Waals surface area contributed by atoms with Crippen molar-refractivity contribution in [1.82, 2.24) is 0 Å². The van der Waals surface area contributed by atoms with Crippen molar-refractivity contribution >= 4 is 34.2 Å². The maximum absolute atomic E-state index is 12.7. The second-order valence-corrected chi connectivity index (χ2v) is 7.37. The molecule has 1 aromatic heterocycles. The van der Waals surface area contributed by atoms with Crippen molar-refractivity contribution in [3.63, 3.8) is 0 Å². The molecule has 1 N–H and O–H groups in total. The summed E-state index contributed by atoms with van der Waals surface area (Å²) in [6.45, 7) is 9.29. The maximum atomic E-state index is 12.7. The summed E-state index contributed by atoms with van der Waals surface area (Å²) in [5.41, 5.74) is 0.933. The summed E-state index contributed by atoms with van der Waals surface area (Å²) >= 11 is 0.989. The van der Waals surface area contributed by atoms with Gasteiger partial charge < -0.3 is 19.5 Å². The molecule has 156 valence electrons. The largest absolute Gasteiger partial charge is 0.494 e. The maximum Gasteiger partial charge on any atom is 0.348 e. The van der Waals surface area contributed by atoms with E-state index in [0.29, 0.717) is 23.5 Å². The average molecular weight is 419 g/mol. The minimum absolute atomic E-state index is 0.155. The average Bonchev–Trinajstić information content (AvgIpc) is 2.98. The van der Waals surface area contributed by atoms with Crippen LogP contribution in [0.2, 0.25) is 0 Å². The molecular weight excluding hydrogens is 394 g/mol. The Labute approximate surface area is 174 Å². The van der Waals surface area contributed by atoms with Crippen molar-refractivity contribution in [3.05, 3.63) is 45.8 Å². The summed E-state index contributed by atoms with van der Waals surface area (Å²) < 4.78 is 15.8.